The number of hydrogen-bond donors (Lipinski definition) is 0. The molecule has 0 aliphatic heterocycles. The van der Waals surface area contributed by atoms with E-state index in [0.29, 0.717) is 29.6 Å². The van der Waals surface area contributed by atoms with Crippen molar-refractivity contribution >= 4 is 16.7 Å². The number of rotatable bonds is 6. The molecule has 130 valence electrons. The zero-order chi connectivity index (χ0) is 18.0. The summed E-state index contributed by atoms with van der Waals surface area (Å²) >= 11 is 0. The first-order valence-electron chi connectivity index (χ1n) is 8.16. The highest BCUT2D eigenvalue weighted by molar-refractivity contribution is 5.98. The molecular weight excluding hydrogens is 318 g/mol. The predicted octanol–water partition coefficient (Wildman–Crippen LogP) is 2.34. The summed E-state index contributed by atoms with van der Waals surface area (Å²) in [7, 11) is 1.66. The van der Waals surface area contributed by atoms with Crippen molar-refractivity contribution in [2.45, 2.75) is 26.9 Å². The highest BCUT2D eigenvalue weighted by Crippen LogP contribution is 2.17. The number of ketones is 1. The minimum absolute atomic E-state index is 0.0296. The minimum atomic E-state index is -0.142. The van der Waals surface area contributed by atoms with Crippen LogP contribution in [0.25, 0.3) is 10.9 Å². The lowest BCUT2D eigenvalue weighted by Crippen LogP contribution is -2.18. The van der Waals surface area contributed by atoms with Gasteiger partial charge in [-0.1, -0.05) is 12.1 Å². The van der Waals surface area contributed by atoms with Crippen LogP contribution in [0, 0.1) is 13.8 Å². The normalized spacial score (nSPS) is 11.2. The van der Waals surface area contributed by atoms with Gasteiger partial charge in [-0.15, -0.1) is 0 Å². The maximum atomic E-state index is 12.8. The Morgan fingerprint density at radius 3 is 2.76 bits per heavy atom. The second-order valence-electron chi connectivity index (χ2n) is 6.04. The van der Waals surface area contributed by atoms with Crippen LogP contribution >= 0.6 is 0 Å². The van der Waals surface area contributed by atoms with Gasteiger partial charge in [-0.25, -0.2) is 0 Å². The van der Waals surface area contributed by atoms with Crippen molar-refractivity contribution in [2.75, 3.05) is 13.7 Å². The van der Waals surface area contributed by atoms with Crippen molar-refractivity contribution in [1.29, 1.82) is 0 Å². The lowest BCUT2D eigenvalue weighted by Gasteiger charge is -2.10. The maximum absolute atomic E-state index is 12.8. The third-order valence-electron chi connectivity index (χ3n) is 4.45. The molecule has 6 nitrogen and oxygen atoms in total. The molecule has 25 heavy (non-hydrogen) atoms. The molecule has 3 aromatic rings. The summed E-state index contributed by atoms with van der Waals surface area (Å²) in [5.74, 6) is -0.0296. The van der Waals surface area contributed by atoms with Gasteiger partial charge < -0.3 is 9.30 Å². The molecule has 1 aromatic carbocycles. The first kappa shape index (κ1) is 17.1. The van der Waals surface area contributed by atoms with Crippen LogP contribution in [0.5, 0.6) is 0 Å². The maximum Gasteiger partial charge on any atom is 0.207 e. The predicted molar refractivity (Wildman–Crippen MR) is 96.1 cm³/mol. The van der Waals surface area contributed by atoms with Gasteiger partial charge in [-0.2, -0.15) is 5.10 Å². The number of aromatic nitrogens is 3. The van der Waals surface area contributed by atoms with Crippen LogP contribution in [0.15, 0.2) is 41.3 Å². The quantitative estimate of drug-likeness (QED) is 0.647. The molecule has 2 heterocycles. The van der Waals surface area contributed by atoms with Gasteiger partial charge in [0.15, 0.2) is 5.78 Å². The van der Waals surface area contributed by atoms with Crippen molar-refractivity contribution in [3.05, 3.63) is 63.7 Å². The zero-order valence-corrected chi connectivity index (χ0v) is 14.7. The molecule has 2 aromatic heterocycles. The average molecular weight is 339 g/mol. The van der Waals surface area contributed by atoms with Crippen LogP contribution < -0.4 is 5.43 Å². The molecule has 0 aliphatic carbocycles. The molecule has 0 saturated carbocycles. The average Bonchev–Trinajstić information content (AvgIpc) is 2.90. The minimum Gasteiger partial charge on any atom is -0.383 e. The summed E-state index contributed by atoms with van der Waals surface area (Å²) in [6.45, 7) is 5.31. The van der Waals surface area contributed by atoms with Crippen LogP contribution in [-0.2, 0) is 17.8 Å². The molecular formula is C19H21N3O3. The topological polar surface area (TPSA) is 66.1 Å². The summed E-state index contributed by atoms with van der Waals surface area (Å²) in [6, 6.07) is 9.09. The summed E-state index contributed by atoms with van der Waals surface area (Å²) in [5, 5.41) is 4.70. The molecule has 0 atom stereocenters. The summed E-state index contributed by atoms with van der Waals surface area (Å²) in [5.41, 5.74) is 3.15. The molecule has 0 bridgehead atoms. The van der Waals surface area contributed by atoms with E-state index in [0.717, 1.165) is 11.4 Å². The number of benzene rings is 1. The van der Waals surface area contributed by atoms with Crippen molar-refractivity contribution in [3.8, 4) is 0 Å². The molecule has 0 saturated heterocycles. The fraction of sp³-hybridized carbons (Fsp3) is 0.316. The largest absolute Gasteiger partial charge is 0.383 e. The molecule has 0 aliphatic rings. The number of carbonyl (C=O) groups is 1. The van der Waals surface area contributed by atoms with Gasteiger partial charge in [0.2, 0.25) is 5.43 Å². The Kier molecular flexibility index (Phi) is 4.81. The lowest BCUT2D eigenvalue weighted by atomic mass is 10.1. The summed E-state index contributed by atoms with van der Waals surface area (Å²) in [4.78, 5) is 24.7. The molecule has 0 fully saturated rings. The van der Waals surface area contributed by atoms with E-state index in [9.17, 15) is 9.59 Å². The van der Waals surface area contributed by atoms with Gasteiger partial charge in [-0.05, 0) is 32.0 Å². The standard InChI is InChI=1S/C19H21N3O3/c1-13-10-16(14(2)21(13)8-9-25-3)19(24)12-22-17-7-5-4-6-15(17)18(23)11-20-22/h4-7,10-11H,8-9,12H2,1-3H3. The number of methoxy groups -OCH3 is 1. The third-order valence-corrected chi connectivity index (χ3v) is 4.45. The number of carbonyl (C=O) groups excluding carboxylic acids is 1. The van der Waals surface area contributed by atoms with Crippen LogP contribution in [0.1, 0.15) is 21.7 Å². The van der Waals surface area contributed by atoms with Gasteiger partial charge in [0.1, 0.15) is 6.54 Å². The van der Waals surface area contributed by atoms with E-state index in [1.165, 1.54) is 6.20 Å². The Hall–Kier alpha value is -2.73. The monoisotopic (exact) mass is 339 g/mol. The second-order valence-corrected chi connectivity index (χ2v) is 6.04. The molecule has 0 amide bonds. The van der Waals surface area contributed by atoms with E-state index < -0.39 is 0 Å². The van der Waals surface area contributed by atoms with Gasteiger partial charge in [0.05, 0.1) is 18.3 Å². The Bertz CT molecular complexity index is 985. The van der Waals surface area contributed by atoms with Crippen molar-refractivity contribution in [3.63, 3.8) is 0 Å². The molecule has 0 N–H and O–H groups in total. The number of hydrogen-bond acceptors (Lipinski definition) is 4. The van der Waals surface area contributed by atoms with Gasteiger partial charge in [0.25, 0.3) is 0 Å². The number of Topliss-reactive ketones (excluding diaryl/α,β-unsaturated/α-hetero) is 1. The first-order chi connectivity index (χ1) is 12.0. The Labute approximate surface area is 145 Å². The van der Waals surface area contributed by atoms with E-state index in [1.54, 1.807) is 30.0 Å². The SMILES string of the molecule is COCCn1c(C)cc(C(=O)Cn2ncc(=O)c3ccccc32)c1C. The number of aryl methyl sites for hydroxylation is 1. The number of nitrogens with zero attached hydrogens (tertiary/aromatic N) is 3. The van der Waals surface area contributed by atoms with Crippen molar-refractivity contribution < 1.29 is 9.53 Å². The van der Waals surface area contributed by atoms with E-state index in [-0.39, 0.29) is 17.8 Å². The molecule has 0 spiro atoms. The van der Waals surface area contributed by atoms with Gasteiger partial charge in [-0.3, -0.25) is 14.3 Å². The Morgan fingerprint density at radius 1 is 1.24 bits per heavy atom. The third kappa shape index (κ3) is 3.25. The van der Waals surface area contributed by atoms with E-state index >= 15 is 0 Å². The van der Waals surface area contributed by atoms with Crippen LogP contribution in [0.4, 0.5) is 0 Å². The molecule has 0 radical (unpaired) electrons. The number of para-hydroxylation sites is 1. The molecule has 3 rings (SSSR count). The molecule has 0 unspecified atom stereocenters. The van der Waals surface area contributed by atoms with Gasteiger partial charge in [0, 0.05) is 36.0 Å². The number of ether oxygens (including phenoxy) is 1. The van der Waals surface area contributed by atoms with Crippen molar-refractivity contribution in [2.24, 2.45) is 0 Å². The van der Waals surface area contributed by atoms with Crippen LogP contribution in [-0.4, -0.2) is 33.8 Å². The Balaban J connectivity index is 1.94. The van der Waals surface area contributed by atoms with Crippen molar-refractivity contribution in [1.82, 2.24) is 14.3 Å². The zero-order valence-electron chi connectivity index (χ0n) is 14.7. The Morgan fingerprint density at radius 2 is 2.00 bits per heavy atom. The summed E-state index contributed by atoms with van der Waals surface area (Å²) in [6.07, 6.45) is 1.26. The van der Waals surface area contributed by atoms with Crippen LogP contribution in [0.3, 0.4) is 0 Å². The number of fused-ring (bicyclic) bond motifs is 1. The van der Waals surface area contributed by atoms with E-state index in [4.69, 9.17) is 4.74 Å². The first-order valence-corrected chi connectivity index (χ1v) is 8.16. The highest BCUT2D eigenvalue weighted by Gasteiger charge is 2.17. The second kappa shape index (κ2) is 7.03. The van der Waals surface area contributed by atoms with Crippen LogP contribution in [0.2, 0.25) is 0 Å². The fourth-order valence-corrected chi connectivity index (χ4v) is 3.12. The van der Waals surface area contributed by atoms with E-state index in [2.05, 4.69) is 9.67 Å². The van der Waals surface area contributed by atoms with E-state index in [1.807, 2.05) is 26.0 Å². The lowest BCUT2D eigenvalue weighted by molar-refractivity contribution is 0.0968. The molecule has 6 heteroatoms. The van der Waals surface area contributed by atoms with Gasteiger partial charge >= 0.3 is 0 Å². The summed E-state index contributed by atoms with van der Waals surface area (Å²) < 4.78 is 8.79. The smallest absolute Gasteiger partial charge is 0.207 e. The fourth-order valence-electron chi connectivity index (χ4n) is 3.12. The highest BCUT2D eigenvalue weighted by atomic mass is 16.5.